The lowest BCUT2D eigenvalue weighted by Gasteiger charge is -2.67. The van der Waals surface area contributed by atoms with Crippen LogP contribution in [0.15, 0.2) is 23.8 Å². The Labute approximate surface area is 326 Å². The largest absolute Gasteiger partial charge is 0.394 e. The van der Waals surface area contributed by atoms with E-state index >= 15 is 0 Å². The average Bonchev–Trinajstić information content (AvgIpc) is 3.38. The number of allylic oxidation sites excluding steroid dienone is 2. The molecule has 0 aromatic carbocycles. The van der Waals surface area contributed by atoms with Gasteiger partial charge in [-0.05, 0) is 93.3 Å². The highest BCUT2D eigenvalue weighted by Gasteiger charge is 2.70. The fourth-order valence-electron chi connectivity index (χ4n) is 12.3. The maximum absolute atomic E-state index is 12.4. The summed E-state index contributed by atoms with van der Waals surface area (Å²) in [6.45, 7) is 16.3. The Morgan fingerprint density at radius 2 is 1.45 bits per heavy atom. The van der Waals surface area contributed by atoms with Crippen LogP contribution in [-0.4, -0.2) is 138 Å². The molecule has 6 rings (SSSR count). The van der Waals surface area contributed by atoms with E-state index in [1.165, 1.54) is 5.57 Å². The first-order chi connectivity index (χ1) is 25.5. The number of hydrogen-bond donors (Lipinski definition) is 9. The number of ether oxygens (including phenoxy) is 4. The Bertz CT molecular complexity index is 1410. The molecule has 2 heterocycles. The summed E-state index contributed by atoms with van der Waals surface area (Å²) in [6, 6.07) is 0. The second-order valence-corrected chi connectivity index (χ2v) is 19.8. The summed E-state index contributed by atoms with van der Waals surface area (Å²) in [5, 5.41) is 95.5. The van der Waals surface area contributed by atoms with Gasteiger partial charge in [0.15, 0.2) is 12.6 Å². The van der Waals surface area contributed by atoms with Gasteiger partial charge >= 0.3 is 0 Å². The third kappa shape index (κ3) is 7.33. The summed E-state index contributed by atoms with van der Waals surface area (Å²) in [4.78, 5) is 0. The molecule has 9 unspecified atom stereocenters. The molecule has 13 nitrogen and oxygen atoms in total. The number of aliphatic hydroxyl groups excluding tert-OH is 8. The number of fused-ring (bicyclic) bond motifs is 5. The molecule has 0 aromatic rings. The van der Waals surface area contributed by atoms with Gasteiger partial charge in [0.05, 0.1) is 31.0 Å². The van der Waals surface area contributed by atoms with Crippen molar-refractivity contribution in [2.24, 2.45) is 45.3 Å². The van der Waals surface area contributed by atoms with Gasteiger partial charge in [0.2, 0.25) is 0 Å². The van der Waals surface area contributed by atoms with Gasteiger partial charge in [-0.25, -0.2) is 0 Å². The van der Waals surface area contributed by atoms with E-state index in [1.54, 1.807) is 13.8 Å². The summed E-state index contributed by atoms with van der Waals surface area (Å²) in [7, 11) is 0. The number of rotatable bonds is 10. The van der Waals surface area contributed by atoms with Crippen LogP contribution in [0.4, 0.5) is 0 Å². The molecule has 0 aromatic heterocycles. The van der Waals surface area contributed by atoms with Gasteiger partial charge in [0.1, 0.15) is 48.8 Å². The SMILES string of the molecule is CC(C/C=C/C(C)(C)O)C1CCC2(C)C3CC=C4C(CCC(O[C@@H]5O[C@H](CO[C@@H]6O[C@H](CO)[C@@H](O)[C@H](O)[C@H]6O)[C@@H](O)[C@H](O)[C@H]5O)C4(C)C)C3(C)C(O)CC12C. The van der Waals surface area contributed by atoms with E-state index in [4.69, 9.17) is 18.9 Å². The van der Waals surface area contributed by atoms with Crippen LogP contribution in [0, 0.1) is 45.3 Å². The van der Waals surface area contributed by atoms with Gasteiger partial charge in [0.25, 0.3) is 0 Å². The molecule has 13 heteroatoms. The topological polar surface area (TPSA) is 219 Å². The average molecular weight is 783 g/mol. The maximum atomic E-state index is 12.4. The molecular formula is C42H70O13. The minimum absolute atomic E-state index is 0.0309. The lowest BCUT2D eigenvalue weighted by Crippen LogP contribution is -2.65. The van der Waals surface area contributed by atoms with Crippen LogP contribution in [0.5, 0.6) is 0 Å². The zero-order chi connectivity index (χ0) is 40.6. The van der Waals surface area contributed by atoms with Gasteiger partial charge in [-0.2, -0.15) is 0 Å². The first-order valence-electron chi connectivity index (χ1n) is 20.6. The van der Waals surface area contributed by atoms with E-state index in [0.717, 1.165) is 38.5 Å². The van der Waals surface area contributed by atoms with Crippen LogP contribution in [0.2, 0.25) is 0 Å². The first kappa shape index (κ1) is 43.5. The van der Waals surface area contributed by atoms with Crippen molar-refractivity contribution in [2.75, 3.05) is 13.2 Å². The van der Waals surface area contributed by atoms with Crippen LogP contribution in [0.1, 0.15) is 100 Å². The van der Waals surface area contributed by atoms with E-state index in [0.29, 0.717) is 18.3 Å². The smallest absolute Gasteiger partial charge is 0.187 e. The molecule has 19 atom stereocenters. The van der Waals surface area contributed by atoms with Crippen molar-refractivity contribution >= 4 is 0 Å². The monoisotopic (exact) mass is 782 g/mol. The minimum atomic E-state index is -1.66. The molecular weight excluding hydrogens is 712 g/mol. The van der Waals surface area contributed by atoms with Gasteiger partial charge < -0.3 is 64.9 Å². The van der Waals surface area contributed by atoms with Crippen molar-refractivity contribution in [3.8, 4) is 0 Å². The lowest BCUT2D eigenvalue weighted by molar-refractivity contribution is -0.340. The molecule has 9 N–H and O–H groups in total. The van der Waals surface area contributed by atoms with Crippen molar-refractivity contribution in [3.63, 3.8) is 0 Å². The van der Waals surface area contributed by atoms with E-state index in [9.17, 15) is 46.0 Å². The highest BCUT2D eigenvalue weighted by Crippen LogP contribution is 2.75. The summed E-state index contributed by atoms with van der Waals surface area (Å²) in [6.07, 6.45) is -3.36. The molecule has 0 bridgehead atoms. The Balaban J connectivity index is 1.16. The van der Waals surface area contributed by atoms with Gasteiger partial charge in [-0.1, -0.05) is 65.3 Å². The molecule has 0 spiro atoms. The minimum Gasteiger partial charge on any atom is -0.394 e. The second kappa shape index (κ2) is 15.5. The van der Waals surface area contributed by atoms with Crippen molar-refractivity contribution in [1.29, 1.82) is 0 Å². The highest BCUT2D eigenvalue weighted by molar-refractivity contribution is 5.32. The van der Waals surface area contributed by atoms with Gasteiger partial charge in [-0.15, -0.1) is 0 Å². The summed E-state index contributed by atoms with van der Waals surface area (Å²) < 4.78 is 23.6. The molecule has 316 valence electrons. The molecule has 2 saturated heterocycles. The van der Waals surface area contributed by atoms with E-state index in [1.807, 2.05) is 6.08 Å². The molecule has 0 radical (unpaired) electrons. The predicted octanol–water partition coefficient (Wildman–Crippen LogP) is 1.93. The van der Waals surface area contributed by atoms with Crippen LogP contribution in [-0.2, 0) is 18.9 Å². The standard InChI is InChI=1S/C42H70O13/c1-21(10-9-16-38(2,3)51)22-15-17-40(6)27-13-11-23-24(42(27,8)28(44)18-41(22,40)7)12-14-29(39(23,4)5)55-37-35(50)33(48)31(46)26(54-37)20-52-36-34(49)32(47)30(45)25(19-43)53-36/h9,11,16,21-22,24-37,43-51H,10,12-15,17-20H2,1-8H3/b16-9+/t21?,22?,24?,25-,26-,27?,28?,29?,30-,31-,32+,33+,34-,35-,36-,37+,40?,41?,42?/m1/s1. The molecule has 0 amide bonds. The fraction of sp³-hybridized carbons (Fsp3) is 0.905. The molecule has 5 fully saturated rings. The quantitative estimate of drug-likeness (QED) is 0.145. The first-order valence-corrected chi connectivity index (χ1v) is 20.6. The van der Waals surface area contributed by atoms with Gasteiger partial charge in [-0.3, -0.25) is 0 Å². The third-order valence-corrected chi connectivity index (χ3v) is 15.9. The highest BCUT2D eigenvalue weighted by atomic mass is 16.7. The van der Waals surface area contributed by atoms with E-state index < -0.39 is 97.8 Å². The van der Waals surface area contributed by atoms with Crippen LogP contribution < -0.4 is 0 Å². The number of aliphatic hydroxyl groups is 9. The molecule has 55 heavy (non-hydrogen) atoms. The molecule has 2 aliphatic heterocycles. The van der Waals surface area contributed by atoms with Gasteiger partial charge in [0, 0.05) is 10.8 Å². The second-order valence-electron chi connectivity index (χ2n) is 19.8. The fourth-order valence-corrected chi connectivity index (χ4v) is 12.3. The summed E-state index contributed by atoms with van der Waals surface area (Å²) in [5.74, 6) is 1.27. The summed E-state index contributed by atoms with van der Waals surface area (Å²) in [5.41, 5.74) is -0.504. The Kier molecular flexibility index (Phi) is 12.3. The van der Waals surface area contributed by atoms with Crippen LogP contribution >= 0.6 is 0 Å². The Morgan fingerprint density at radius 3 is 2.09 bits per heavy atom. The van der Waals surface area contributed by atoms with Crippen molar-refractivity contribution < 1.29 is 64.9 Å². The Hall–Kier alpha value is -1.04. The van der Waals surface area contributed by atoms with E-state index in [-0.39, 0.29) is 28.1 Å². The Morgan fingerprint density at radius 1 is 0.836 bits per heavy atom. The molecule has 3 saturated carbocycles. The zero-order valence-corrected chi connectivity index (χ0v) is 34.0. The molecule has 6 aliphatic rings. The zero-order valence-electron chi connectivity index (χ0n) is 34.0. The van der Waals surface area contributed by atoms with Crippen LogP contribution in [0.25, 0.3) is 0 Å². The normalized spacial score (nSPS) is 50.6. The maximum Gasteiger partial charge on any atom is 0.187 e. The van der Waals surface area contributed by atoms with Crippen molar-refractivity contribution in [3.05, 3.63) is 23.8 Å². The van der Waals surface area contributed by atoms with Crippen molar-refractivity contribution in [1.82, 2.24) is 0 Å². The summed E-state index contributed by atoms with van der Waals surface area (Å²) >= 11 is 0. The number of hydrogen-bond acceptors (Lipinski definition) is 13. The third-order valence-electron chi connectivity index (χ3n) is 15.9. The van der Waals surface area contributed by atoms with Crippen molar-refractivity contribution in [2.45, 2.75) is 180 Å². The van der Waals surface area contributed by atoms with Crippen LogP contribution in [0.3, 0.4) is 0 Å². The van der Waals surface area contributed by atoms with E-state index in [2.05, 4.69) is 53.7 Å². The predicted molar refractivity (Wildman–Crippen MR) is 201 cm³/mol. The lowest BCUT2D eigenvalue weighted by atomic mass is 9.38. The molecule has 4 aliphatic carbocycles.